The Kier molecular flexibility index (Phi) is 12.4. The predicted molar refractivity (Wildman–Crippen MR) is 147 cm³/mol. The summed E-state index contributed by atoms with van der Waals surface area (Å²) in [5.74, 6) is -2.30. The van der Waals surface area contributed by atoms with E-state index in [2.05, 4.69) is 20.0 Å². The number of H-pyrrole nitrogens is 1. The Labute approximate surface area is 235 Å². The monoisotopic (exact) mass is 593 g/mol. The number of hydrogen-bond donors (Lipinski definition) is 5. The maximum atomic E-state index is 13.6. The van der Waals surface area contributed by atoms with Crippen LogP contribution >= 0.6 is 7.52 Å². The number of aliphatic carboxylic acids is 2. The van der Waals surface area contributed by atoms with Gasteiger partial charge in [-0.3, -0.25) is 14.3 Å². The molecule has 1 aromatic carbocycles. The number of rotatable bonds is 13. The van der Waals surface area contributed by atoms with Gasteiger partial charge in [0.15, 0.2) is 18.5 Å². The molecule has 3 aromatic rings. The number of carboxylic acids is 2. The van der Waals surface area contributed by atoms with Gasteiger partial charge in [-0.1, -0.05) is 23.2 Å². The molecule has 222 valence electrons. The van der Waals surface area contributed by atoms with E-state index in [1.165, 1.54) is 6.33 Å². The number of carbonyl (C=O) groups is 3. The number of nitrogens with one attached hydrogen (secondary N) is 2. The van der Waals surface area contributed by atoms with Crippen LogP contribution in [0.3, 0.4) is 0 Å². The summed E-state index contributed by atoms with van der Waals surface area (Å²) in [5, 5.41) is 18.4. The van der Waals surface area contributed by atoms with Crippen LogP contribution in [0.15, 0.2) is 55.1 Å². The highest BCUT2D eigenvalue weighted by Gasteiger charge is 2.32. The molecular formula is C25H34N6O9P+. The number of esters is 1. The van der Waals surface area contributed by atoms with Gasteiger partial charge < -0.3 is 29.9 Å². The Morgan fingerprint density at radius 2 is 1.73 bits per heavy atom. The van der Waals surface area contributed by atoms with Crippen LogP contribution in [0.4, 0.5) is 5.82 Å². The smallest absolute Gasteiger partial charge is 0.342 e. The van der Waals surface area contributed by atoms with Crippen molar-refractivity contribution in [2.45, 2.75) is 52.5 Å². The third kappa shape index (κ3) is 11.4. The first-order valence-corrected chi connectivity index (χ1v) is 14.1. The van der Waals surface area contributed by atoms with Crippen LogP contribution in [-0.2, 0) is 35.0 Å². The van der Waals surface area contributed by atoms with Gasteiger partial charge in [0.25, 0.3) is 0 Å². The minimum Gasteiger partial charge on any atom is -0.478 e. The van der Waals surface area contributed by atoms with Gasteiger partial charge in [0.1, 0.15) is 18.1 Å². The van der Waals surface area contributed by atoms with Crippen LogP contribution in [0.1, 0.15) is 27.7 Å². The number of para-hydroxylation sites is 1. The number of imidazole rings is 1. The zero-order valence-corrected chi connectivity index (χ0v) is 23.9. The van der Waals surface area contributed by atoms with Crippen molar-refractivity contribution in [3.63, 3.8) is 0 Å². The summed E-state index contributed by atoms with van der Waals surface area (Å²) < 4.78 is 32.3. The number of ether oxygens (including phenoxy) is 2. The number of nitrogens with zero attached hydrogens (tertiary/aromatic N) is 3. The Balaban J connectivity index is 0.000000642. The standard InChI is InChI=1S/C21H29N6O5P.C4H4O4/c1-14(2)31-21(28)16(4)26-33(29,32-17-8-6-5-7-9-17)13-30-15(3)10-27-12-25-18-19(22)23-11-24-20(18)27;5-3(6)1-2-4(7)8/h5-9,11-12,14-16H,10,13H2,1-4H3,(H3,22,23,24,26,29);1-2H,(H,5,6)(H,7,8)/p+1/b;2-1+/t15-,16+,33+;/m1./s1. The SMILES string of the molecule is CC(C)OC(=O)[C@H](C)N[P@](=O)(CO[C@H](C)C[n+]1c[nH]c2c(N)ncnc21)Oc1ccccc1.O=C(O)/C=C/C(=O)O. The highest BCUT2D eigenvalue weighted by molar-refractivity contribution is 7.57. The fraction of sp³-hybridized carbons (Fsp3) is 0.360. The average molecular weight is 594 g/mol. The molecule has 2 heterocycles. The topological polar surface area (TPSA) is 220 Å². The third-order valence-electron chi connectivity index (χ3n) is 4.94. The van der Waals surface area contributed by atoms with Gasteiger partial charge >= 0.3 is 31.1 Å². The number of carboxylic acid groups (broad SMARTS) is 2. The highest BCUT2D eigenvalue weighted by atomic mass is 31.2. The fourth-order valence-electron chi connectivity index (χ4n) is 3.21. The van der Waals surface area contributed by atoms with Gasteiger partial charge in [0.2, 0.25) is 5.52 Å². The average Bonchev–Trinajstić information content (AvgIpc) is 3.30. The molecule has 0 aliphatic rings. The molecule has 0 fully saturated rings. The summed E-state index contributed by atoms with van der Waals surface area (Å²) in [4.78, 5) is 42.6. The van der Waals surface area contributed by atoms with Crippen LogP contribution in [-0.4, -0.2) is 67.7 Å². The van der Waals surface area contributed by atoms with Crippen LogP contribution in [0.25, 0.3) is 11.2 Å². The lowest BCUT2D eigenvalue weighted by atomic mass is 10.3. The number of hydrogen-bond acceptors (Lipinski definition) is 10. The van der Waals surface area contributed by atoms with E-state index in [0.717, 1.165) is 0 Å². The van der Waals surface area contributed by atoms with Crippen molar-refractivity contribution in [1.29, 1.82) is 0 Å². The molecule has 0 aliphatic heterocycles. The number of nitrogens with two attached hydrogens (primary N) is 1. The first kappa shape index (κ1) is 32.9. The minimum atomic E-state index is -3.63. The summed E-state index contributed by atoms with van der Waals surface area (Å²) in [6, 6.07) is 7.85. The second-order valence-corrected chi connectivity index (χ2v) is 11.0. The van der Waals surface area contributed by atoms with Crippen LogP contribution in [0, 0.1) is 0 Å². The molecule has 3 rings (SSSR count). The number of anilines is 1. The zero-order valence-electron chi connectivity index (χ0n) is 23.0. The van der Waals surface area contributed by atoms with Gasteiger partial charge in [-0.05, 0) is 39.8 Å². The van der Waals surface area contributed by atoms with Crippen LogP contribution in [0.5, 0.6) is 5.75 Å². The Morgan fingerprint density at radius 3 is 2.32 bits per heavy atom. The maximum absolute atomic E-state index is 13.6. The lowest BCUT2D eigenvalue weighted by Crippen LogP contribution is -2.40. The molecule has 2 aromatic heterocycles. The van der Waals surface area contributed by atoms with E-state index >= 15 is 0 Å². The Bertz CT molecular complexity index is 1380. The number of nitrogen functional groups attached to an aromatic ring is 1. The Morgan fingerprint density at radius 1 is 1.10 bits per heavy atom. The van der Waals surface area contributed by atoms with Crippen LogP contribution < -0.4 is 19.9 Å². The van der Waals surface area contributed by atoms with Crippen molar-refractivity contribution in [2.75, 3.05) is 12.1 Å². The molecule has 6 N–H and O–H groups in total. The van der Waals surface area contributed by atoms with Crippen molar-refractivity contribution in [1.82, 2.24) is 20.0 Å². The number of aromatic amines is 1. The van der Waals surface area contributed by atoms with E-state index < -0.39 is 31.5 Å². The van der Waals surface area contributed by atoms with E-state index in [-0.39, 0.29) is 18.6 Å². The molecule has 15 nitrogen and oxygen atoms in total. The van der Waals surface area contributed by atoms with E-state index in [1.807, 2.05) is 17.6 Å². The van der Waals surface area contributed by atoms with E-state index in [1.54, 1.807) is 51.4 Å². The molecule has 0 bridgehead atoms. The first-order valence-electron chi connectivity index (χ1n) is 12.3. The summed E-state index contributed by atoms with van der Waals surface area (Å²) in [6.07, 6.45) is 3.30. The third-order valence-corrected chi connectivity index (χ3v) is 6.71. The normalized spacial score (nSPS) is 14.1. The Hall–Kier alpha value is -4.33. The fourth-order valence-corrected chi connectivity index (χ4v) is 5.00. The highest BCUT2D eigenvalue weighted by Crippen LogP contribution is 2.44. The molecule has 0 saturated carbocycles. The van der Waals surface area contributed by atoms with Gasteiger partial charge in [-0.15, -0.1) is 0 Å². The number of benzene rings is 1. The van der Waals surface area contributed by atoms with E-state index in [4.69, 9.17) is 29.9 Å². The number of aromatic nitrogens is 4. The zero-order chi connectivity index (χ0) is 30.6. The van der Waals surface area contributed by atoms with Crippen molar-refractivity contribution < 1.29 is 47.7 Å². The summed E-state index contributed by atoms with van der Waals surface area (Å²) in [6.45, 7) is 7.31. The van der Waals surface area contributed by atoms with Crippen molar-refractivity contribution >= 4 is 42.4 Å². The molecule has 0 unspecified atom stereocenters. The van der Waals surface area contributed by atoms with Crippen molar-refractivity contribution in [3.05, 3.63) is 55.1 Å². The van der Waals surface area contributed by atoms with Gasteiger partial charge in [-0.25, -0.2) is 19.2 Å². The van der Waals surface area contributed by atoms with Crippen molar-refractivity contribution in [2.24, 2.45) is 0 Å². The first-order chi connectivity index (χ1) is 19.3. The van der Waals surface area contributed by atoms with Crippen LogP contribution in [0.2, 0.25) is 0 Å². The molecule has 0 saturated heterocycles. The predicted octanol–water partition coefficient (Wildman–Crippen LogP) is 2.10. The maximum Gasteiger partial charge on any atom is 0.342 e. The molecular weight excluding hydrogens is 559 g/mol. The summed E-state index contributed by atoms with van der Waals surface area (Å²) >= 11 is 0. The minimum absolute atomic E-state index is 0.262. The summed E-state index contributed by atoms with van der Waals surface area (Å²) in [5.41, 5.74) is 7.12. The largest absolute Gasteiger partial charge is 0.478 e. The van der Waals surface area contributed by atoms with Gasteiger partial charge in [0, 0.05) is 12.2 Å². The molecule has 3 atom stereocenters. The van der Waals surface area contributed by atoms with Gasteiger partial charge in [0.05, 0.1) is 18.8 Å². The molecule has 0 amide bonds. The van der Waals surface area contributed by atoms with Crippen molar-refractivity contribution in [3.8, 4) is 5.75 Å². The number of carbonyl (C=O) groups excluding carboxylic acids is 1. The molecule has 16 heteroatoms. The lowest BCUT2D eigenvalue weighted by Gasteiger charge is -2.25. The molecule has 0 spiro atoms. The number of fused-ring (bicyclic) bond motifs is 1. The second-order valence-electron chi connectivity index (χ2n) is 8.91. The molecule has 0 aliphatic carbocycles. The summed E-state index contributed by atoms with van der Waals surface area (Å²) in [7, 11) is -3.63. The molecule has 0 radical (unpaired) electrons. The van der Waals surface area contributed by atoms with Gasteiger partial charge in [-0.2, -0.15) is 4.98 Å². The van der Waals surface area contributed by atoms with E-state index in [0.29, 0.717) is 41.4 Å². The second kappa shape index (κ2) is 15.5. The molecule has 41 heavy (non-hydrogen) atoms. The van der Waals surface area contributed by atoms with E-state index in [9.17, 15) is 18.9 Å². The lowest BCUT2D eigenvalue weighted by molar-refractivity contribution is -0.680. The quantitative estimate of drug-likeness (QED) is 0.0830.